The largest absolute Gasteiger partial charge is 0.480 e. The van der Waals surface area contributed by atoms with Crippen LogP contribution in [-0.2, 0) is 19.7 Å². The summed E-state index contributed by atoms with van der Waals surface area (Å²) in [5.41, 5.74) is 3.90. The van der Waals surface area contributed by atoms with Gasteiger partial charge in [-0.2, -0.15) is 0 Å². The Morgan fingerprint density at radius 2 is 1.58 bits per heavy atom. The summed E-state index contributed by atoms with van der Waals surface area (Å²) in [6, 6.07) is 6.16. The molecule has 0 amide bonds. The Morgan fingerprint density at radius 1 is 1.11 bits per heavy atom. The zero-order valence-electron chi connectivity index (χ0n) is 11.6. The lowest BCUT2D eigenvalue weighted by molar-refractivity contribution is -0.168. The van der Waals surface area contributed by atoms with Crippen LogP contribution in [0, 0.1) is 0 Å². The monoisotopic (exact) mass is 265 g/mol. The first-order valence-electron chi connectivity index (χ1n) is 5.90. The minimum atomic E-state index is -1.75. The van der Waals surface area contributed by atoms with E-state index in [0.29, 0.717) is 11.3 Å². The smallest absolute Gasteiger partial charge is 0.328 e. The second-order valence-corrected chi connectivity index (χ2v) is 5.55. The van der Waals surface area contributed by atoms with Crippen molar-refractivity contribution in [3.05, 3.63) is 29.8 Å². The molecule has 0 heterocycles. The van der Waals surface area contributed by atoms with Gasteiger partial charge >= 0.3 is 11.9 Å². The van der Waals surface area contributed by atoms with Gasteiger partial charge in [-0.15, -0.1) is 0 Å². The summed E-state index contributed by atoms with van der Waals surface area (Å²) in [4.78, 5) is 23.7. The number of hydrogen-bond acceptors (Lipinski definition) is 4. The van der Waals surface area contributed by atoms with E-state index < -0.39 is 23.0 Å². The summed E-state index contributed by atoms with van der Waals surface area (Å²) in [6.07, 6.45) is 0. The second-order valence-electron chi connectivity index (χ2n) is 5.55. The molecule has 0 aliphatic heterocycles. The van der Waals surface area contributed by atoms with Crippen molar-refractivity contribution in [3.63, 3.8) is 0 Å². The lowest BCUT2D eigenvalue weighted by Crippen LogP contribution is -2.45. The topological polar surface area (TPSA) is 89.6 Å². The molecule has 0 spiro atoms. The molecule has 0 saturated carbocycles. The van der Waals surface area contributed by atoms with Gasteiger partial charge in [-0.25, -0.2) is 0 Å². The van der Waals surface area contributed by atoms with Crippen LogP contribution in [0.15, 0.2) is 24.3 Å². The standard InChI is InChI=1S/C14H19NO4/c1-13(2,3)19-12(18)14(4,11(16)17)9-5-7-10(15)8-6-9/h5-8H,15H2,1-4H3,(H,16,17). The molecule has 3 N–H and O–H groups in total. The molecule has 1 rings (SSSR count). The molecular weight excluding hydrogens is 246 g/mol. The van der Waals surface area contributed by atoms with Crippen molar-refractivity contribution in [2.75, 3.05) is 5.73 Å². The van der Waals surface area contributed by atoms with E-state index in [4.69, 9.17) is 10.5 Å². The van der Waals surface area contributed by atoms with Gasteiger partial charge in [0.1, 0.15) is 5.60 Å². The maximum atomic E-state index is 12.2. The van der Waals surface area contributed by atoms with Crippen LogP contribution >= 0.6 is 0 Å². The summed E-state index contributed by atoms with van der Waals surface area (Å²) in [6.45, 7) is 6.40. The lowest BCUT2D eigenvalue weighted by Gasteiger charge is -2.28. The molecule has 0 aliphatic rings. The first kappa shape index (κ1) is 15.0. The number of nitrogen functional groups attached to an aromatic ring is 1. The van der Waals surface area contributed by atoms with Gasteiger partial charge in [0.25, 0.3) is 0 Å². The Morgan fingerprint density at radius 3 is 1.95 bits per heavy atom. The zero-order chi connectivity index (χ0) is 14.8. The number of carbonyl (C=O) groups is 2. The lowest BCUT2D eigenvalue weighted by atomic mass is 9.82. The highest BCUT2D eigenvalue weighted by Crippen LogP contribution is 2.28. The summed E-state index contributed by atoms with van der Waals surface area (Å²) in [5.74, 6) is -2.05. The van der Waals surface area contributed by atoms with Crippen LogP contribution in [0.2, 0.25) is 0 Å². The molecule has 19 heavy (non-hydrogen) atoms. The van der Waals surface area contributed by atoms with Crippen LogP contribution in [0.5, 0.6) is 0 Å². The number of carbonyl (C=O) groups excluding carboxylic acids is 1. The van der Waals surface area contributed by atoms with E-state index in [1.54, 1.807) is 32.9 Å². The summed E-state index contributed by atoms with van der Waals surface area (Å²) in [5, 5.41) is 9.39. The molecule has 0 aliphatic carbocycles. The third kappa shape index (κ3) is 3.24. The van der Waals surface area contributed by atoms with Crippen molar-refractivity contribution in [2.45, 2.75) is 38.7 Å². The van der Waals surface area contributed by atoms with E-state index in [0.717, 1.165) is 0 Å². The molecule has 0 bridgehead atoms. The van der Waals surface area contributed by atoms with Crippen LogP contribution in [0.1, 0.15) is 33.3 Å². The number of rotatable bonds is 3. The van der Waals surface area contributed by atoms with Gasteiger partial charge < -0.3 is 15.6 Å². The van der Waals surface area contributed by atoms with E-state index in [1.807, 2.05) is 0 Å². The number of aliphatic carboxylic acids is 1. The number of nitrogens with two attached hydrogens (primary N) is 1. The third-order valence-electron chi connectivity index (χ3n) is 2.72. The summed E-state index contributed by atoms with van der Waals surface area (Å²) >= 11 is 0. The highest BCUT2D eigenvalue weighted by Gasteiger charge is 2.46. The minimum absolute atomic E-state index is 0.337. The molecule has 5 heteroatoms. The maximum Gasteiger partial charge on any atom is 0.328 e. The van der Waals surface area contributed by atoms with Crippen molar-refractivity contribution >= 4 is 17.6 Å². The maximum absolute atomic E-state index is 12.2. The number of hydrogen-bond donors (Lipinski definition) is 2. The Bertz CT molecular complexity index is 487. The average Bonchev–Trinajstić information content (AvgIpc) is 2.26. The second kappa shape index (κ2) is 4.91. The van der Waals surface area contributed by atoms with Crippen LogP contribution < -0.4 is 5.73 Å². The predicted molar refractivity (Wildman–Crippen MR) is 71.7 cm³/mol. The van der Waals surface area contributed by atoms with E-state index in [9.17, 15) is 14.7 Å². The molecule has 1 aromatic rings. The Balaban J connectivity index is 3.21. The van der Waals surface area contributed by atoms with Gasteiger partial charge in [-0.1, -0.05) is 12.1 Å². The molecule has 0 fully saturated rings. The number of carboxylic acids is 1. The fourth-order valence-electron chi connectivity index (χ4n) is 1.53. The van der Waals surface area contributed by atoms with Gasteiger partial charge in [-0.3, -0.25) is 9.59 Å². The van der Waals surface area contributed by atoms with Crippen LogP contribution in [0.25, 0.3) is 0 Å². The van der Waals surface area contributed by atoms with Crippen molar-refractivity contribution in [2.24, 2.45) is 0 Å². The normalized spacial score (nSPS) is 14.5. The highest BCUT2D eigenvalue weighted by atomic mass is 16.6. The third-order valence-corrected chi connectivity index (χ3v) is 2.72. The van der Waals surface area contributed by atoms with Gasteiger partial charge in [0.2, 0.25) is 0 Å². The van der Waals surface area contributed by atoms with E-state index in [2.05, 4.69) is 0 Å². The minimum Gasteiger partial charge on any atom is -0.480 e. The average molecular weight is 265 g/mol. The SMILES string of the molecule is CC(C)(C)OC(=O)C(C)(C(=O)O)c1ccc(N)cc1. The number of esters is 1. The number of ether oxygens (including phenoxy) is 1. The van der Waals surface area contributed by atoms with E-state index >= 15 is 0 Å². The fraction of sp³-hybridized carbons (Fsp3) is 0.429. The zero-order valence-corrected chi connectivity index (χ0v) is 11.6. The number of anilines is 1. The van der Waals surface area contributed by atoms with E-state index in [-0.39, 0.29) is 0 Å². The molecule has 1 atom stereocenters. The number of carboxylic acid groups (broad SMARTS) is 1. The molecular formula is C14H19NO4. The highest BCUT2D eigenvalue weighted by molar-refractivity contribution is 6.05. The van der Waals surface area contributed by atoms with E-state index in [1.165, 1.54) is 19.1 Å². The van der Waals surface area contributed by atoms with Crippen molar-refractivity contribution in [1.29, 1.82) is 0 Å². The van der Waals surface area contributed by atoms with Gasteiger partial charge in [0, 0.05) is 5.69 Å². The first-order chi connectivity index (χ1) is 8.57. The summed E-state index contributed by atoms with van der Waals surface area (Å²) < 4.78 is 5.20. The van der Waals surface area contributed by atoms with Crippen molar-refractivity contribution in [1.82, 2.24) is 0 Å². The first-order valence-corrected chi connectivity index (χ1v) is 5.90. The molecule has 0 aromatic heterocycles. The molecule has 0 saturated heterocycles. The molecule has 104 valence electrons. The Labute approximate surface area is 112 Å². The van der Waals surface area contributed by atoms with Gasteiger partial charge in [0.15, 0.2) is 5.41 Å². The summed E-state index contributed by atoms with van der Waals surface area (Å²) in [7, 11) is 0. The van der Waals surface area contributed by atoms with Crippen molar-refractivity contribution in [3.8, 4) is 0 Å². The van der Waals surface area contributed by atoms with Crippen LogP contribution in [0.3, 0.4) is 0 Å². The van der Waals surface area contributed by atoms with Gasteiger partial charge in [0.05, 0.1) is 0 Å². The van der Waals surface area contributed by atoms with Gasteiger partial charge in [-0.05, 0) is 45.4 Å². The molecule has 0 radical (unpaired) electrons. The predicted octanol–water partition coefficient (Wildman–Crippen LogP) is 1.95. The molecule has 5 nitrogen and oxygen atoms in total. The van der Waals surface area contributed by atoms with Crippen molar-refractivity contribution < 1.29 is 19.4 Å². The molecule has 1 unspecified atom stereocenters. The Kier molecular flexibility index (Phi) is 3.88. The van der Waals surface area contributed by atoms with Crippen LogP contribution in [0.4, 0.5) is 5.69 Å². The molecule has 1 aromatic carbocycles. The number of benzene rings is 1. The fourth-order valence-corrected chi connectivity index (χ4v) is 1.53. The quantitative estimate of drug-likeness (QED) is 0.495. The Hall–Kier alpha value is -2.04. The van der Waals surface area contributed by atoms with Crippen LogP contribution in [-0.4, -0.2) is 22.6 Å².